The van der Waals surface area contributed by atoms with Crippen LogP contribution < -0.4 is 5.73 Å². The van der Waals surface area contributed by atoms with Gasteiger partial charge < -0.3 is 10.5 Å². The molecule has 0 fully saturated rings. The van der Waals surface area contributed by atoms with Crippen molar-refractivity contribution < 1.29 is 14.5 Å². The molecule has 0 unspecified atom stereocenters. The Balaban J connectivity index is 3.07. The zero-order chi connectivity index (χ0) is 12.1. The predicted molar refractivity (Wildman–Crippen MR) is 54.2 cm³/mol. The van der Waals surface area contributed by atoms with E-state index >= 15 is 0 Å². The van der Waals surface area contributed by atoms with Crippen LogP contribution in [0.15, 0.2) is 12.3 Å². The number of nitro groups is 1. The van der Waals surface area contributed by atoms with E-state index in [1.54, 1.807) is 0 Å². The summed E-state index contributed by atoms with van der Waals surface area (Å²) in [6.45, 7) is 0. The van der Waals surface area contributed by atoms with Gasteiger partial charge in [-0.15, -0.1) is 0 Å². The Labute approximate surface area is 90.4 Å². The van der Waals surface area contributed by atoms with E-state index < -0.39 is 10.9 Å². The van der Waals surface area contributed by atoms with E-state index in [0.717, 1.165) is 6.07 Å². The van der Waals surface area contributed by atoms with Crippen molar-refractivity contribution in [2.45, 2.75) is 0 Å². The first kappa shape index (κ1) is 11.5. The number of hydrogen-bond donors (Lipinski definition) is 1. The van der Waals surface area contributed by atoms with Gasteiger partial charge in [-0.2, -0.15) is 0 Å². The molecule has 0 amide bonds. The first-order valence-electron chi connectivity index (χ1n) is 4.04. The number of carbonyl (C=O) groups is 1. The summed E-state index contributed by atoms with van der Waals surface area (Å²) in [5.74, 6) is 3.55. The fourth-order valence-corrected chi connectivity index (χ4v) is 0.853. The van der Waals surface area contributed by atoms with Gasteiger partial charge in [0.1, 0.15) is 0 Å². The second-order valence-electron chi connectivity index (χ2n) is 2.63. The zero-order valence-corrected chi connectivity index (χ0v) is 8.26. The predicted octanol–water partition coefficient (Wildman–Crippen LogP) is 0.0965. The van der Waals surface area contributed by atoms with Crippen molar-refractivity contribution in [3.05, 3.63) is 27.9 Å². The monoisotopic (exact) mass is 221 g/mol. The molecule has 0 aliphatic carbocycles. The van der Waals surface area contributed by atoms with Crippen LogP contribution in [0.1, 0.15) is 5.56 Å². The molecule has 1 rings (SSSR count). The van der Waals surface area contributed by atoms with Crippen LogP contribution in [0.25, 0.3) is 0 Å². The third kappa shape index (κ3) is 2.68. The lowest BCUT2D eigenvalue weighted by atomic mass is 10.2. The number of nitrogens with two attached hydrogens (primary N) is 1. The van der Waals surface area contributed by atoms with Gasteiger partial charge in [0.2, 0.25) is 5.82 Å². The molecule has 0 aliphatic heterocycles. The van der Waals surface area contributed by atoms with Gasteiger partial charge in [-0.3, -0.25) is 10.1 Å². The Morgan fingerprint density at radius 3 is 2.94 bits per heavy atom. The summed E-state index contributed by atoms with van der Waals surface area (Å²) in [5, 5.41) is 10.5. The minimum Gasteiger partial charge on any atom is -0.459 e. The molecule has 0 aliphatic rings. The number of nitrogens with zero attached hydrogens (tertiary/aromatic N) is 2. The van der Waals surface area contributed by atoms with Crippen LogP contribution in [0, 0.1) is 22.0 Å². The van der Waals surface area contributed by atoms with Crippen LogP contribution in [-0.2, 0) is 9.53 Å². The zero-order valence-electron chi connectivity index (χ0n) is 8.26. The molecule has 0 aromatic carbocycles. The molecule has 16 heavy (non-hydrogen) atoms. The molecule has 0 spiro atoms. The van der Waals surface area contributed by atoms with Crippen molar-refractivity contribution in [3.63, 3.8) is 0 Å². The number of anilines is 1. The fraction of sp³-hybridized carbons (Fsp3) is 0.111. The average Bonchev–Trinajstić information content (AvgIpc) is 2.27. The Bertz CT molecular complexity index is 501. The molecule has 82 valence electrons. The van der Waals surface area contributed by atoms with E-state index in [1.165, 1.54) is 13.3 Å². The highest BCUT2D eigenvalue weighted by Gasteiger charge is 2.12. The molecule has 0 saturated heterocycles. The van der Waals surface area contributed by atoms with Crippen molar-refractivity contribution in [3.8, 4) is 11.8 Å². The summed E-state index contributed by atoms with van der Waals surface area (Å²) < 4.78 is 4.28. The SMILES string of the molecule is COC(=O)C#Cc1cnc(N)c([N+](=O)[O-])c1. The van der Waals surface area contributed by atoms with E-state index in [2.05, 4.69) is 21.6 Å². The molecule has 0 bridgehead atoms. The number of rotatable bonds is 1. The van der Waals surface area contributed by atoms with Gasteiger partial charge in [0.15, 0.2) is 0 Å². The lowest BCUT2D eigenvalue weighted by molar-refractivity contribution is -0.384. The highest BCUT2D eigenvalue weighted by molar-refractivity contribution is 5.89. The number of nitrogen functional groups attached to an aromatic ring is 1. The van der Waals surface area contributed by atoms with Gasteiger partial charge in [0.25, 0.3) is 0 Å². The van der Waals surface area contributed by atoms with Crippen molar-refractivity contribution in [2.24, 2.45) is 0 Å². The first-order chi connectivity index (χ1) is 7.54. The Morgan fingerprint density at radius 2 is 2.38 bits per heavy atom. The fourth-order valence-electron chi connectivity index (χ4n) is 0.853. The van der Waals surface area contributed by atoms with E-state index in [1.807, 2.05) is 0 Å². The van der Waals surface area contributed by atoms with Crippen molar-refractivity contribution in [1.29, 1.82) is 0 Å². The van der Waals surface area contributed by atoms with Crippen molar-refractivity contribution in [1.82, 2.24) is 4.98 Å². The molecule has 7 heteroatoms. The number of hydrogen-bond acceptors (Lipinski definition) is 6. The minimum atomic E-state index is -0.737. The molecule has 1 aromatic heterocycles. The van der Waals surface area contributed by atoms with Gasteiger partial charge >= 0.3 is 11.7 Å². The van der Waals surface area contributed by atoms with Gasteiger partial charge in [-0.25, -0.2) is 9.78 Å². The maximum atomic E-state index is 10.7. The topological polar surface area (TPSA) is 108 Å². The second-order valence-corrected chi connectivity index (χ2v) is 2.63. The van der Waals surface area contributed by atoms with Crippen LogP contribution in [0.3, 0.4) is 0 Å². The summed E-state index contributed by atoms with van der Waals surface area (Å²) >= 11 is 0. The highest BCUT2D eigenvalue weighted by atomic mass is 16.6. The molecule has 1 heterocycles. The van der Waals surface area contributed by atoms with Gasteiger partial charge in [0.05, 0.1) is 17.6 Å². The van der Waals surface area contributed by atoms with Crippen LogP contribution in [0.2, 0.25) is 0 Å². The lowest BCUT2D eigenvalue weighted by Gasteiger charge is -1.95. The van der Waals surface area contributed by atoms with Crippen LogP contribution in [0.5, 0.6) is 0 Å². The van der Waals surface area contributed by atoms with Gasteiger partial charge in [-0.05, 0) is 0 Å². The van der Waals surface area contributed by atoms with Crippen LogP contribution in [-0.4, -0.2) is 23.0 Å². The third-order valence-corrected chi connectivity index (χ3v) is 1.59. The summed E-state index contributed by atoms with van der Waals surface area (Å²) in [6.07, 6.45) is 1.23. The molecular formula is C9H7N3O4. The first-order valence-corrected chi connectivity index (χ1v) is 4.04. The number of esters is 1. The van der Waals surface area contributed by atoms with Crippen molar-refractivity contribution in [2.75, 3.05) is 12.8 Å². The van der Waals surface area contributed by atoms with E-state index in [-0.39, 0.29) is 17.1 Å². The maximum Gasteiger partial charge on any atom is 0.384 e. The normalized spacial score (nSPS) is 8.81. The molecule has 2 N–H and O–H groups in total. The van der Waals surface area contributed by atoms with E-state index in [4.69, 9.17) is 5.73 Å². The lowest BCUT2D eigenvalue weighted by Crippen LogP contribution is -1.99. The van der Waals surface area contributed by atoms with Crippen molar-refractivity contribution >= 4 is 17.5 Å². The van der Waals surface area contributed by atoms with Gasteiger partial charge in [-0.1, -0.05) is 5.92 Å². The quantitative estimate of drug-likeness (QED) is 0.311. The Hall–Kier alpha value is -2.62. The summed E-state index contributed by atoms with van der Waals surface area (Å²) in [4.78, 5) is 24.1. The molecule has 0 saturated carbocycles. The number of aromatic nitrogens is 1. The Morgan fingerprint density at radius 1 is 1.69 bits per heavy atom. The number of methoxy groups -OCH3 is 1. The second kappa shape index (κ2) is 4.75. The highest BCUT2D eigenvalue weighted by Crippen LogP contribution is 2.18. The minimum absolute atomic E-state index is 0.200. The number of carbonyl (C=O) groups excluding carboxylic acids is 1. The smallest absolute Gasteiger partial charge is 0.384 e. The summed E-state index contributed by atoms with van der Waals surface area (Å²) in [6, 6.07) is 1.14. The third-order valence-electron chi connectivity index (χ3n) is 1.59. The molecule has 7 nitrogen and oxygen atoms in total. The van der Waals surface area contributed by atoms with Gasteiger partial charge in [0, 0.05) is 18.2 Å². The molecule has 1 aromatic rings. The number of pyridine rings is 1. The average molecular weight is 221 g/mol. The Kier molecular flexibility index (Phi) is 3.40. The molecule has 0 radical (unpaired) electrons. The van der Waals surface area contributed by atoms with Crippen LogP contribution in [0.4, 0.5) is 11.5 Å². The number of ether oxygens (including phenoxy) is 1. The molecular weight excluding hydrogens is 214 g/mol. The van der Waals surface area contributed by atoms with E-state index in [9.17, 15) is 14.9 Å². The standard InChI is InChI=1S/C9H7N3O4/c1-16-8(13)3-2-6-4-7(12(14)15)9(10)11-5-6/h4-5H,1H3,(H2,10,11). The largest absolute Gasteiger partial charge is 0.459 e. The maximum absolute atomic E-state index is 10.7. The molecule has 0 atom stereocenters. The summed E-state index contributed by atoms with van der Waals surface area (Å²) in [7, 11) is 1.18. The van der Waals surface area contributed by atoms with Crippen LogP contribution >= 0.6 is 0 Å². The van der Waals surface area contributed by atoms with E-state index in [0.29, 0.717) is 0 Å². The summed E-state index contributed by atoms with van der Waals surface area (Å²) in [5.41, 5.74) is 5.14.